The highest BCUT2D eigenvalue weighted by molar-refractivity contribution is 5.94. The van der Waals surface area contributed by atoms with Gasteiger partial charge in [-0.3, -0.25) is 4.79 Å². The fourth-order valence-corrected chi connectivity index (χ4v) is 3.05. The molecule has 0 bridgehead atoms. The minimum atomic E-state index is -0.476. The van der Waals surface area contributed by atoms with Gasteiger partial charge < -0.3 is 16.0 Å². The Morgan fingerprint density at radius 2 is 1.79 bits per heavy atom. The Balaban J connectivity index is 1.53. The number of hydrogen-bond donors (Lipinski definition) is 2. The number of benzene rings is 2. The van der Waals surface area contributed by atoms with Gasteiger partial charge in [0.15, 0.2) is 0 Å². The van der Waals surface area contributed by atoms with Crippen LogP contribution in [0, 0.1) is 5.92 Å². The van der Waals surface area contributed by atoms with Gasteiger partial charge in [0, 0.05) is 24.3 Å². The van der Waals surface area contributed by atoms with Crippen LogP contribution in [0.4, 0.5) is 10.5 Å². The molecule has 0 aliphatic carbocycles. The van der Waals surface area contributed by atoms with Crippen molar-refractivity contribution in [1.82, 2.24) is 4.90 Å². The third-order valence-corrected chi connectivity index (χ3v) is 4.36. The highest BCUT2D eigenvalue weighted by Gasteiger charge is 2.26. The lowest BCUT2D eigenvalue weighted by molar-refractivity contribution is 0.100. The van der Waals surface area contributed by atoms with E-state index in [2.05, 4.69) is 17.4 Å². The lowest BCUT2D eigenvalue weighted by atomic mass is 9.99. The summed E-state index contributed by atoms with van der Waals surface area (Å²) >= 11 is 0. The number of rotatable bonds is 4. The van der Waals surface area contributed by atoms with Crippen molar-refractivity contribution >= 4 is 17.6 Å². The third kappa shape index (κ3) is 3.93. The minimum Gasteiger partial charge on any atom is -0.366 e. The van der Waals surface area contributed by atoms with Crippen LogP contribution in [-0.2, 0) is 6.42 Å². The standard InChI is InChI=1S/C19H21N3O2/c20-18(23)16-6-8-17(9-7-16)21-19(24)22-11-10-15(13-22)12-14-4-2-1-3-5-14/h1-9,15H,10-13H2,(H2,20,23)(H,21,24). The highest BCUT2D eigenvalue weighted by atomic mass is 16.2. The molecule has 5 heteroatoms. The maximum absolute atomic E-state index is 12.4. The molecule has 0 saturated carbocycles. The van der Waals surface area contributed by atoms with Gasteiger partial charge >= 0.3 is 6.03 Å². The Labute approximate surface area is 141 Å². The molecule has 24 heavy (non-hydrogen) atoms. The van der Waals surface area contributed by atoms with E-state index in [9.17, 15) is 9.59 Å². The zero-order valence-corrected chi connectivity index (χ0v) is 13.4. The van der Waals surface area contributed by atoms with Gasteiger partial charge in [0.1, 0.15) is 0 Å². The number of anilines is 1. The molecule has 3 amide bonds. The van der Waals surface area contributed by atoms with E-state index >= 15 is 0 Å². The Hall–Kier alpha value is -2.82. The van der Waals surface area contributed by atoms with Crippen LogP contribution in [0.25, 0.3) is 0 Å². The molecule has 5 nitrogen and oxygen atoms in total. The average molecular weight is 323 g/mol. The summed E-state index contributed by atoms with van der Waals surface area (Å²) in [7, 11) is 0. The van der Waals surface area contributed by atoms with Crippen LogP contribution in [0.15, 0.2) is 54.6 Å². The Kier molecular flexibility index (Phi) is 4.79. The van der Waals surface area contributed by atoms with Crippen molar-refractivity contribution < 1.29 is 9.59 Å². The molecule has 0 spiro atoms. The van der Waals surface area contributed by atoms with E-state index in [0.29, 0.717) is 17.2 Å². The van der Waals surface area contributed by atoms with Gasteiger partial charge in [-0.2, -0.15) is 0 Å². The lowest BCUT2D eigenvalue weighted by Gasteiger charge is -2.17. The maximum Gasteiger partial charge on any atom is 0.321 e. The average Bonchev–Trinajstić information content (AvgIpc) is 3.05. The van der Waals surface area contributed by atoms with E-state index < -0.39 is 5.91 Å². The first kappa shape index (κ1) is 16.1. The number of amides is 3. The zero-order chi connectivity index (χ0) is 16.9. The number of nitrogens with zero attached hydrogens (tertiary/aromatic N) is 1. The van der Waals surface area contributed by atoms with E-state index in [0.717, 1.165) is 25.9 Å². The number of primary amides is 1. The second kappa shape index (κ2) is 7.17. The molecule has 0 aromatic heterocycles. The molecular formula is C19H21N3O2. The normalized spacial score (nSPS) is 16.8. The summed E-state index contributed by atoms with van der Waals surface area (Å²) in [6, 6.07) is 16.9. The molecule has 3 N–H and O–H groups in total. The van der Waals surface area contributed by atoms with Crippen molar-refractivity contribution in [2.75, 3.05) is 18.4 Å². The Morgan fingerprint density at radius 3 is 2.46 bits per heavy atom. The van der Waals surface area contributed by atoms with Crippen molar-refractivity contribution in [3.05, 3.63) is 65.7 Å². The summed E-state index contributed by atoms with van der Waals surface area (Å²) in [6.45, 7) is 1.53. The van der Waals surface area contributed by atoms with E-state index in [1.165, 1.54) is 5.56 Å². The predicted molar refractivity (Wildman–Crippen MR) is 93.8 cm³/mol. The van der Waals surface area contributed by atoms with Gasteiger partial charge in [-0.15, -0.1) is 0 Å². The first-order valence-electron chi connectivity index (χ1n) is 8.11. The molecule has 124 valence electrons. The van der Waals surface area contributed by atoms with Crippen LogP contribution in [0.2, 0.25) is 0 Å². The lowest BCUT2D eigenvalue weighted by Crippen LogP contribution is -2.33. The molecule has 1 heterocycles. The molecule has 1 unspecified atom stereocenters. The molecule has 3 rings (SSSR count). The fraction of sp³-hybridized carbons (Fsp3) is 0.263. The fourth-order valence-electron chi connectivity index (χ4n) is 3.05. The van der Waals surface area contributed by atoms with E-state index in [1.54, 1.807) is 24.3 Å². The van der Waals surface area contributed by atoms with Gasteiger partial charge in [-0.1, -0.05) is 30.3 Å². The van der Waals surface area contributed by atoms with Crippen molar-refractivity contribution in [2.45, 2.75) is 12.8 Å². The molecule has 1 saturated heterocycles. The molecule has 2 aromatic carbocycles. The number of hydrogen-bond acceptors (Lipinski definition) is 2. The van der Waals surface area contributed by atoms with E-state index in [4.69, 9.17) is 5.73 Å². The first-order valence-corrected chi connectivity index (χ1v) is 8.11. The summed E-state index contributed by atoms with van der Waals surface area (Å²) in [4.78, 5) is 25.3. The number of nitrogens with one attached hydrogen (secondary N) is 1. The highest BCUT2D eigenvalue weighted by Crippen LogP contribution is 2.21. The summed E-state index contributed by atoms with van der Waals surface area (Å²) < 4.78 is 0. The molecule has 1 fully saturated rings. The molecule has 1 aliphatic heterocycles. The number of carbonyl (C=O) groups is 2. The van der Waals surface area contributed by atoms with Crippen molar-refractivity contribution in [3.63, 3.8) is 0 Å². The van der Waals surface area contributed by atoms with Crippen LogP contribution < -0.4 is 11.1 Å². The molecule has 0 radical (unpaired) electrons. The first-order chi connectivity index (χ1) is 11.6. The van der Waals surface area contributed by atoms with E-state index in [1.807, 2.05) is 23.1 Å². The summed E-state index contributed by atoms with van der Waals surface area (Å²) in [5.74, 6) is 0.0200. The van der Waals surface area contributed by atoms with Gasteiger partial charge in [-0.05, 0) is 48.6 Å². The van der Waals surface area contributed by atoms with Gasteiger partial charge in [0.05, 0.1) is 0 Å². The van der Waals surface area contributed by atoms with Gasteiger partial charge in [0.2, 0.25) is 5.91 Å². The predicted octanol–water partition coefficient (Wildman–Crippen LogP) is 2.88. The minimum absolute atomic E-state index is 0.0996. The Morgan fingerprint density at radius 1 is 1.08 bits per heavy atom. The summed E-state index contributed by atoms with van der Waals surface area (Å²) in [5, 5.41) is 2.87. The largest absolute Gasteiger partial charge is 0.366 e. The second-order valence-electron chi connectivity index (χ2n) is 6.16. The number of nitrogens with two attached hydrogens (primary N) is 1. The smallest absolute Gasteiger partial charge is 0.321 e. The topological polar surface area (TPSA) is 75.4 Å². The number of urea groups is 1. The zero-order valence-electron chi connectivity index (χ0n) is 13.4. The van der Waals surface area contributed by atoms with Gasteiger partial charge in [-0.25, -0.2) is 4.79 Å². The van der Waals surface area contributed by atoms with Gasteiger partial charge in [0.25, 0.3) is 0 Å². The van der Waals surface area contributed by atoms with Crippen LogP contribution >= 0.6 is 0 Å². The number of carbonyl (C=O) groups excluding carboxylic acids is 2. The quantitative estimate of drug-likeness (QED) is 0.908. The van der Waals surface area contributed by atoms with Crippen molar-refractivity contribution in [1.29, 1.82) is 0 Å². The van der Waals surface area contributed by atoms with Crippen molar-refractivity contribution in [3.8, 4) is 0 Å². The summed E-state index contributed by atoms with van der Waals surface area (Å²) in [6.07, 6.45) is 2.01. The second-order valence-corrected chi connectivity index (χ2v) is 6.16. The van der Waals surface area contributed by atoms with E-state index in [-0.39, 0.29) is 6.03 Å². The SMILES string of the molecule is NC(=O)c1ccc(NC(=O)N2CCC(Cc3ccccc3)C2)cc1. The third-order valence-electron chi connectivity index (χ3n) is 4.36. The van der Waals surface area contributed by atoms with Crippen LogP contribution in [0.1, 0.15) is 22.3 Å². The molecule has 1 aliphatic rings. The summed E-state index contributed by atoms with van der Waals surface area (Å²) in [5.41, 5.74) is 7.61. The van der Waals surface area contributed by atoms with Crippen LogP contribution in [0.5, 0.6) is 0 Å². The van der Waals surface area contributed by atoms with Crippen LogP contribution in [-0.4, -0.2) is 29.9 Å². The van der Waals surface area contributed by atoms with Crippen molar-refractivity contribution in [2.24, 2.45) is 11.7 Å². The van der Waals surface area contributed by atoms with Crippen LogP contribution in [0.3, 0.4) is 0 Å². The molecular weight excluding hydrogens is 302 g/mol. The molecule has 2 aromatic rings. The maximum atomic E-state index is 12.4. The monoisotopic (exact) mass is 323 g/mol. The Bertz CT molecular complexity index is 713. The number of likely N-dealkylation sites (tertiary alicyclic amines) is 1. The molecule has 1 atom stereocenters.